The molecule has 0 atom stereocenters. The Morgan fingerprint density at radius 2 is 2.05 bits per heavy atom. The third-order valence-electron chi connectivity index (χ3n) is 2.69. The quantitative estimate of drug-likeness (QED) is 0.563. The maximum Gasteiger partial charge on any atom is 0.269 e. The van der Waals surface area contributed by atoms with Crippen LogP contribution in [0.3, 0.4) is 0 Å². The first kappa shape index (κ1) is 17.1. The highest BCUT2D eigenvalue weighted by molar-refractivity contribution is 7.89. The van der Waals surface area contributed by atoms with Gasteiger partial charge in [0.05, 0.1) is 10.7 Å². The minimum atomic E-state index is -3.39. The number of sulfonamides is 1. The van der Waals surface area contributed by atoms with Gasteiger partial charge in [-0.15, -0.1) is 0 Å². The molecule has 0 bridgehead atoms. The molecule has 8 nitrogen and oxygen atoms in total. The smallest absolute Gasteiger partial charge is 0.269 e. The number of amides is 1. The first-order chi connectivity index (χ1) is 9.76. The van der Waals surface area contributed by atoms with Gasteiger partial charge in [0.15, 0.2) is 0 Å². The minimum absolute atomic E-state index is 0.0371. The van der Waals surface area contributed by atoms with Crippen LogP contribution in [-0.2, 0) is 10.0 Å². The van der Waals surface area contributed by atoms with E-state index in [0.29, 0.717) is 5.56 Å². The SMILES string of the molecule is CCNS(=O)(=O)CCNC(=O)c1ccc([N+](=O)[O-])cc1C. The van der Waals surface area contributed by atoms with E-state index in [1.54, 1.807) is 13.8 Å². The number of hydrogen-bond acceptors (Lipinski definition) is 5. The van der Waals surface area contributed by atoms with E-state index in [2.05, 4.69) is 10.0 Å². The van der Waals surface area contributed by atoms with Crippen molar-refractivity contribution in [1.82, 2.24) is 10.0 Å². The van der Waals surface area contributed by atoms with Gasteiger partial charge in [0.1, 0.15) is 0 Å². The molecule has 1 rings (SSSR count). The molecule has 21 heavy (non-hydrogen) atoms. The van der Waals surface area contributed by atoms with Gasteiger partial charge in [-0.1, -0.05) is 6.92 Å². The van der Waals surface area contributed by atoms with Crippen molar-refractivity contribution in [2.45, 2.75) is 13.8 Å². The van der Waals surface area contributed by atoms with E-state index in [4.69, 9.17) is 0 Å². The van der Waals surface area contributed by atoms with E-state index in [1.807, 2.05) is 0 Å². The zero-order valence-corrected chi connectivity index (χ0v) is 12.6. The molecule has 0 radical (unpaired) electrons. The average molecular weight is 315 g/mol. The second-order valence-electron chi connectivity index (χ2n) is 4.33. The molecule has 0 aliphatic carbocycles. The Kier molecular flexibility index (Phi) is 5.79. The molecule has 2 N–H and O–H groups in total. The van der Waals surface area contributed by atoms with Crippen LogP contribution in [0.2, 0.25) is 0 Å². The molecular weight excluding hydrogens is 298 g/mol. The van der Waals surface area contributed by atoms with Crippen LogP contribution in [0.4, 0.5) is 5.69 Å². The fourth-order valence-electron chi connectivity index (χ4n) is 1.70. The monoisotopic (exact) mass is 315 g/mol. The molecule has 0 aliphatic heterocycles. The summed E-state index contributed by atoms with van der Waals surface area (Å²) >= 11 is 0. The summed E-state index contributed by atoms with van der Waals surface area (Å²) in [5.41, 5.74) is 0.636. The number of rotatable bonds is 7. The van der Waals surface area contributed by atoms with Crippen molar-refractivity contribution in [3.8, 4) is 0 Å². The van der Waals surface area contributed by atoms with Crippen molar-refractivity contribution in [1.29, 1.82) is 0 Å². The first-order valence-corrected chi connectivity index (χ1v) is 7.92. The second kappa shape index (κ2) is 7.14. The predicted molar refractivity (Wildman–Crippen MR) is 77.6 cm³/mol. The number of benzene rings is 1. The maximum absolute atomic E-state index is 11.9. The Morgan fingerprint density at radius 1 is 1.38 bits per heavy atom. The highest BCUT2D eigenvalue weighted by Gasteiger charge is 2.14. The largest absolute Gasteiger partial charge is 0.351 e. The van der Waals surface area contributed by atoms with Crippen LogP contribution in [0, 0.1) is 17.0 Å². The van der Waals surface area contributed by atoms with Crippen LogP contribution in [0.25, 0.3) is 0 Å². The van der Waals surface area contributed by atoms with Crippen LogP contribution in [0.15, 0.2) is 18.2 Å². The van der Waals surface area contributed by atoms with E-state index in [9.17, 15) is 23.3 Å². The van der Waals surface area contributed by atoms with Crippen molar-refractivity contribution < 1.29 is 18.1 Å². The molecule has 0 fully saturated rings. The Labute approximate surface area is 122 Å². The Hall–Kier alpha value is -2.00. The Balaban J connectivity index is 2.67. The predicted octanol–water partition coefficient (Wildman–Crippen LogP) is 0.572. The van der Waals surface area contributed by atoms with Crippen molar-refractivity contribution in [3.63, 3.8) is 0 Å². The summed E-state index contributed by atoms with van der Waals surface area (Å²) in [4.78, 5) is 22.0. The molecule has 1 aromatic rings. The van der Waals surface area contributed by atoms with Crippen LogP contribution < -0.4 is 10.0 Å². The molecule has 0 heterocycles. The average Bonchev–Trinajstić information content (AvgIpc) is 2.37. The lowest BCUT2D eigenvalue weighted by Gasteiger charge is -2.08. The van der Waals surface area contributed by atoms with Gasteiger partial charge in [0, 0.05) is 30.8 Å². The van der Waals surface area contributed by atoms with Crippen molar-refractivity contribution in [2.75, 3.05) is 18.8 Å². The minimum Gasteiger partial charge on any atom is -0.351 e. The number of carbonyl (C=O) groups excluding carboxylic acids is 1. The highest BCUT2D eigenvalue weighted by Crippen LogP contribution is 2.16. The number of hydrogen-bond donors (Lipinski definition) is 2. The van der Waals surface area contributed by atoms with Crippen LogP contribution in [0.5, 0.6) is 0 Å². The van der Waals surface area contributed by atoms with Gasteiger partial charge in [0.25, 0.3) is 11.6 Å². The normalized spacial score (nSPS) is 11.1. The summed E-state index contributed by atoms with van der Waals surface area (Å²) in [6.07, 6.45) is 0. The summed E-state index contributed by atoms with van der Waals surface area (Å²) < 4.78 is 25.1. The van der Waals surface area contributed by atoms with Gasteiger partial charge in [-0.05, 0) is 18.6 Å². The number of non-ortho nitro benzene ring substituents is 1. The molecule has 0 saturated carbocycles. The number of nitro benzene ring substituents is 1. The topological polar surface area (TPSA) is 118 Å². The molecule has 9 heteroatoms. The number of nitrogens with zero attached hydrogens (tertiary/aromatic N) is 1. The van der Waals surface area contributed by atoms with E-state index in [1.165, 1.54) is 18.2 Å². The summed E-state index contributed by atoms with van der Waals surface area (Å²) in [6.45, 7) is 3.50. The van der Waals surface area contributed by atoms with Crippen molar-refractivity contribution in [3.05, 3.63) is 39.4 Å². The van der Waals surface area contributed by atoms with Crippen molar-refractivity contribution in [2.24, 2.45) is 0 Å². The van der Waals surface area contributed by atoms with Gasteiger partial charge in [-0.3, -0.25) is 14.9 Å². The lowest BCUT2D eigenvalue weighted by molar-refractivity contribution is -0.384. The molecule has 0 aromatic heterocycles. The van der Waals surface area contributed by atoms with Gasteiger partial charge in [-0.25, -0.2) is 13.1 Å². The molecule has 1 aromatic carbocycles. The van der Waals surface area contributed by atoms with Crippen LogP contribution in [-0.4, -0.2) is 38.1 Å². The molecule has 0 saturated heterocycles. The van der Waals surface area contributed by atoms with Crippen molar-refractivity contribution >= 4 is 21.6 Å². The fraction of sp³-hybridized carbons (Fsp3) is 0.417. The van der Waals surface area contributed by atoms with Gasteiger partial charge in [-0.2, -0.15) is 0 Å². The fourth-order valence-corrected chi connectivity index (χ4v) is 2.66. The molecule has 116 valence electrons. The summed E-state index contributed by atoms with van der Waals surface area (Å²) in [6, 6.07) is 3.88. The molecular formula is C12H17N3O5S. The highest BCUT2D eigenvalue weighted by atomic mass is 32.2. The van der Waals surface area contributed by atoms with E-state index in [0.717, 1.165) is 0 Å². The summed E-state index contributed by atoms with van der Waals surface area (Å²) in [5.74, 6) is -0.687. The van der Waals surface area contributed by atoms with Crippen LogP contribution >= 0.6 is 0 Å². The van der Waals surface area contributed by atoms with Gasteiger partial charge < -0.3 is 5.32 Å². The van der Waals surface area contributed by atoms with Gasteiger partial charge in [0.2, 0.25) is 10.0 Å². The lowest BCUT2D eigenvalue weighted by Crippen LogP contribution is -2.34. The summed E-state index contributed by atoms with van der Waals surface area (Å²) in [5, 5.41) is 13.1. The molecule has 1 amide bonds. The third kappa shape index (κ3) is 5.12. The number of nitrogens with one attached hydrogen (secondary N) is 2. The Bertz CT molecular complexity index is 642. The molecule has 0 unspecified atom stereocenters. The summed E-state index contributed by atoms with van der Waals surface area (Å²) in [7, 11) is -3.39. The van der Waals surface area contributed by atoms with Gasteiger partial charge >= 0.3 is 0 Å². The molecule has 0 spiro atoms. The zero-order chi connectivity index (χ0) is 16.0. The number of carbonyl (C=O) groups is 1. The standard InChI is InChI=1S/C12H17N3O5S/c1-3-14-21(19,20)7-6-13-12(16)11-5-4-10(15(17)18)8-9(11)2/h4-5,8,14H,3,6-7H2,1-2H3,(H,13,16). The van der Waals surface area contributed by atoms with E-state index in [-0.39, 0.29) is 30.1 Å². The third-order valence-corrected chi connectivity index (χ3v) is 4.16. The Morgan fingerprint density at radius 3 is 2.57 bits per heavy atom. The van der Waals surface area contributed by atoms with E-state index < -0.39 is 20.9 Å². The zero-order valence-electron chi connectivity index (χ0n) is 11.8. The number of aryl methyl sites for hydroxylation is 1. The maximum atomic E-state index is 11.9. The lowest BCUT2D eigenvalue weighted by atomic mass is 10.1. The first-order valence-electron chi connectivity index (χ1n) is 6.27. The second-order valence-corrected chi connectivity index (χ2v) is 6.26. The van der Waals surface area contributed by atoms with E-state index >= 15 is 0 Å². The van der Waals surface area contributed by atoms with Crippen LogP contribution in [0.1, 0.15) is 22.8 Å². The molecule has 0 aliphatic rings. The number of nitro groups is 1.